The van der Waals surface area contributed by atoms with Crippen LogP contribution in [0.4, 0.5) is 8.78 Å². The van der Waals surface area contributed by atoms with Crippen molar-refractivity contribution in [3.8, 4) is 0 Å². The lowest BCUT2D eigenvalue weighted by atomic mass is 9.94. The number of hydrogen-bond donors (Lipinski definition) is 2. The van der Waals surface area contributed by atoms with Crippen LogP contribution in [0, 0.1) is 15.2 Å². The Morgan fingerprint density at radius 2 is 1.80 bits per heavy atom. The Hall–Kier alpha value is -0.470. The van der Waals surface area contributed by atoms with Crippen LogP contribution in [0.1, 0.15) is 37.0 Å². The molecular weight excluding hydrogens is 401 g/mol. The largest absolute Gasteiger partial charge is 0.350 e. The molecule has 0 heterocycles. The van der Waals surface area contributed by atoms with E-state index >= 15 is 0 Å². The fourth-order valence-electron chi connectivity index (χ4n) is 1.55. The van der Waals surface area contributed by atoms with Gasteiger partial charge in [0.25, 0.3) is 5.91 Å². The predicted octanol–water partition coefficient (Wildman–Crippen LogP) is 3.24. The normalized spacial score (nSPS) is 10.9. The van der Waals surface area contributed by atoms with Gasteiger partial charge in [0.15, 0.2) is 11.6 Å². The molecule has 0 saturated heterocycles. The third kappa shape index (κ3) is 4.82. The molecule has 1 aromatic carbocycles. The van der Waals surface area contributed by atoms with Gasteiger partial charge in [-0.1, -0.05) is 13.8 Å². The van der Waals surface area contributed by atoms with Crippen molar-refractivity contribution in [3.63, 3.8) is 0 Å². The van der Waals surface area contributed by atoms with Crippen LogP contribution in [-0.4, -0.2) is 18.0 Å². The average molecular weight is 419 g/mol. The number of amides is 1. The fourth-order valence-corrected chi connectivity index (χ4v) is 2.22. The van der Waals surface area contributed by atoms with Crippen molar-refractivity contribution in [2.24, 2.45) is 5.73 Å². The van der Waals surface area contributed by atoms with Crippen LogP contribution >= 0.6 is 35.0 Å². The lowest BCUT2D eigenvalue weighted by Crippen LogP contribution is -2.49. The van der Waals surface area contributed by atoms with Gasteiger partial charge in [-0.15, -0.1) is 12.4 Å². The smallest absolute Gasteiger partial charge is 0.252 e. The van der Waals surface area contributed by atoms with E-state index in [0.717, 1.165) is 25.0 Å². The summed E-state index contributed by atoms with van der Waals surface area (Å²) in [6.07, 6.45) is 1.44. The summed E-state index contributed by atoms with van der Waals surface area (Å²) >= 11 is 1.80. The van der Waals surface area contributed by atoms with Crippen LogP contribution in [0.15, 0.2) is 12.1 Å². The Kier molecular flexibility index (Phi) is 7.90. The van der Waals surface area contributed by atoms with Crippen molar-refractivity contribution in [2.45, 2.75) is 32.2 Å². The molecule has 114 valence electrons. The predicted molar refractivity (Wildman–Crippen MR) is 86.2 cm³/mol. The van der Waals surface area contributed by atoms with Crippen molar-refractivity contribution in [3.05, 3.63) is 32.9 Å². The van der Waals surface area contributed by atoms with Crippen molar-refractivity contribution < 1.29 is 13.6 Å². The molecule has 0 aliphatic rings. The van der Waals surface area contributed by atoms with Crippen LogP contribution in [0.2, 0.25) is 0 Å². The zero-order valence-corrected chi connectivity index (χ0v) is 14.3. The first-order valence-corrected chi connectivity index (χ1v) is 7.12. The van der Waals surface area contributed by atoms with Crippen LogP contribution in [0.3, 0.4) is 0 Å². The maximum absolute atomic E-state index is 13.1. The number of nitrogens with two attached hydrogens (primary N) is 1. The zero-order chi connectivity index (χ0) is 14.6. The molecule has 20 heavy (non-hydrogen) atoms. The minimum atomic E-state index is -1.03. The van der Waals surface area contributed by atoms with Gasteiger partial charge in [-0.2, -0.15) is 0 Å². The number of carbonyl (C=O) groups excluding carboxylic acids is 1. The lowest BCUT2D eigenvalue weighted by molar-refractivity contribution is 0.0940. The van der Waals surface area contributed by atoms with E-state index in [2.05, 4.69) is 5.32 Å². The SMILES string of the molecule is CCC(N)(CC)CNC(=O)c1cc(F)c(F)cc1I.Cl. The first kappa shape index (κ1) is 19.5. The van der Waals surface area contributed by atoms with E-state index in [-0.39, 0.29) is 18.0 Å². The second-order valence-electron chi connectivity index (χ2n) is 4.50. The Bertz CT molecular complexity index is 482. The Labute approximate surface area is 137 Å². The van der Waals surface area contributed by atoms with Crippen LogP contribution in [-0.2, 0) is 0 Å². The minimum Gasteiger partial charge on any atom is -0.350 e. The first-order valence-electron chi connectivity index (χ1n) is 6.04. The molecule has 0 fully saturated rings. The highest BCUT2D eigenvalue weighted by Crippen LogP contribution is 2.17. The molecule has 3 nitrogen and oxygen atoms in total. The first-order chi connectivity index (χ1) is 8.83. The maximum Gasteiger partial charge on any atom is 0.252 e. The Morgan fingerprint density at radius 1 is 1.30 bits per heavy atom. The van der Waals surface area contributed by atoms with Gasteiger partial charge < -0.3 is 11.1 Å². The second kappa shape index (κ2) is 8.09. The standard InChI is InChI=1S/C13H17F2IN2O.ClH/c1-3-13(17,4-2)7-18-12(19)8-5-9(14)10(15)6-11(8)16;/h5-6H,3-4,7,17H2,1-2H3,(H,18,19);1H. The maximum atomic E-state index is 13.1. The number of rotatable bonds is 5. The molecule has 0 saturated carbocycles. The van der Waals surface area contributed by atoms with Gasteiger partial charge in [-0.25, -0.2) is 8.78 Å². The summed E-state index contributed by atoms with van der Waals surface area (Å²) < 4.78 is 26.5. The fraction of sp³-hybridized carbons (Fsp3) is 0.462. The topological polar surface area (TPSA) is 55.1 Å². The summed E-state index contributed by atoms with van der Waals surface area (Å²) in [5.41, 5.74) is 5.71. The molecule has 0 radical (unpaired) electrons. The summed E-state index contributed by atoms with van der Waals surface area (Å²) in [6.45, 7) is 4.18. The van der Waals surface area contributed by atoms with Crippen molar-refractivity contribution >= 4 is 40.9 Å². The third-order valence-electron chi connectivity index (χ3n) is 3.26. The van der Waals surface area contributed by atoms with E-state index in [0.29, 0.717) is 10.1 Å². The van der Waals surface area contributed by atoms with E-state index in [1.54, 1.807) is 22.6 Å². The third-order valence-corrected chi connectivity index (χ3v) is 4.16. The van der Waals surface area contributed by atoms with Gasteiger partial charge in [0, 0.05) is 15.7 Å². The van der Waals surface area contributed by atoms with E-state index < -0.39 is 23.1 Å². The molecule has 1 rings (SSSR count). The number of benzene rings is 1. The molecule has 1 amide bonds. The molecule has 0 aliphatic carbocycles. The molecule has 3 N–H and O–H groups in total. The number of nitrogens with one attached hydrogen (secondary N) is 1. The van der Waals surface area contributed by atoms with Crippen LogP contribution in [0.5, 0.6) is 0 Å². The molecule has 1 aromatic rings. The second-order valence-corrected chi connectivity index (χ2v) is 5.66. The van der Waals surface area contributed by atoms with Crippen LogP contribution in [0.25, 0.3) is 0 Å². The van der Waals surface area contributed by atoms with E-state index in [4.69, 9.17) is 5.73 Å². The van der Waals surface area contributed by atoms with Crippen LogP contribution < -0.4 is 11.1 Å². The highest BCUT2D eigenvalue weighted by Gasteiger charge is 2.22. The summed E-state index contributed by atoms with van der Waals surface area (Å²) in [7, 11) is 0. The number of hydrogen-bond acceptors (Lipinski definition) is 2. The van der Waals surface area contributed by atoms with E-state index in [1.165, 1.54) is 0 Å². The molecule has 0 atom stereocenters. The number of halogens is 4. The molecule has 0 bridgehead atoms. The van der Waals surface area contributed by atoms with Crippen molar-refractivity contribution in [1.82, 2.24) is 5.32 Å². The highest BCUT2D eigenvalue weighted by atomic mass is 127. The molecular formula is C13H18ClF2IN2O. The van der Waals surface area contributed by atoms with Gasteiger partial charge >= 0.3 is 0 Å². The van der Waals surface area contributed by atoms with Gasteiger partial charge in [0.1, 0.15) is 0 Å². The highest BCUT2D eigenvalue weighted by molar-refractivity contribution is 14.1. The minimum absolute atomic E-state index is 0. The Balaban J connectivity index is 0.00000361. The van der Waals surface area contributed by atoms with Gasteiger partial charge in [-0.05, 0) is 47.6 Å². The zero-order valence-electron chi connectivity index (χ0n) is 11.3. The summed E-state index contributed by atoms with van der Waals surface area (Å²) in [6, 6.07) is 1.91. The quantitative estimate of drug-likeness (QED) is 0.570. The summed E-state index contributed by atoms with van der Waals surface area (Å²) in [4.78, 5) is 11.9. The molecule has 0 spiro atoms. The van der Waals surface area contributed by atoms with Gasteiger partial charge in [0.2, 0.25) is 0 Å². The molecule has 0 aliphatic heterocycles. The van der Waals surface area contributed by atoms with Gasteiger partial charge in [0.05, 0.1) is 5.56 Å². The molecule has 7 heteroatoms. The van der Waals surface area contributed by atoms with E-state index in [9.17, 15) is 13.6 Å². The monoisotopic (exact) mass is 418 g/mol. The van der Waals surface area contributed by atoms with E-state index in [1.807, 2.05) is 13.8 Å². The number of carbonyl (C=O) groups is 1. The summed E-state index contributed by atoms with van der Waals surface area (Å²) in [5.74, 6) is -2.44. The van der Waals surface area contributed by atoms with Crippen molar-refractivity contribution in [2.75, 3.05) is 6.54 Å². The Morgan fingerprint density at radius 3 is 2.30 bits per heavy atom. The summed E-state index contributed by atoms with van der Waals surface area (Å²) in [5, 5.41) is 2.67. The lowest BCUT2D eigenvalue weighted by Gasteiger charge is -2.26. The molecule has 0 unspecified atom stereocenters. The average Bonchev–Trinajstić information content (AvgIpc) is 2.39. The molecule has 0 aromatic heterocycles. The van der Waals surface area contributed by atoms with Gasteiger partial charge in [-0.3, -0.25) is 4.79 Å². The van der Waals surface area contributed by atoms with Crippen molar-refractivity contribution in [1.29, 1.82) is 0 Å².